The number of aromatic nitrogens is 3. The summed E-state index contributed by atoms with van der Waals surface area (Å²) in [6.45, 7) is 4.56. The molecule has 0 amide bonds. The summed E-state index contributed by atoms with van der Waals surface area (Å²) in [5.41, 5.74) is 2.14. The Hall–Kier alpha value is -1.82. The predicted octanol–water partition coefficient (Wildman–Crippen LogP) is 2.34. The van der Waals surface area contributed by atoms with Crippen LogP contribution in [0, 0.1) is 6.92 Å². The van der Waals surface area contributed by atoms with Crippen molar-refractivity contribution in [3.8, 4) is 5.75 Å². The molecule has 6 heteroatoms. The van der Waals surface area contributed by atoms with Crippen molar-refractivity contribution in [2.45, 2.75) is 19.0 Å². The fourth-order valence-electron chi connectivity index (χ4n) is 1.88. The van der Waals surface area contributed by atoms with Crippen molar-refractivity contribution in [1.29, 1.82) is 0 Å². The Kier molecular flexibility index (Phi) is 3.25. The Morgan fingerprint density at radius 2 is 2.05 bits per heavy atom. The third-order valence-electron chi connectivity index (χ3n) is 2.83. The van der Waals surface area contributed by atoms with Crippen LogP contribution >= 0.6 is 11.8 Å². The van der Waals surface area contributed by atoms with Gasteiger partial charge >= 0.3 is 0 Å². The van der Waals surface area contributed by atoms with Gasteiger partial charge in [-0.25, -0.2) is 0 Å². The first-order valence-electron chi connectivity index (χ1n) is 6.14. The molecule has 1 aliphatic rings. The van der Waals surface area contributed by atoms with Crippen LogP contribution in [0.4, 0.5) is 0 Å². The summed E-state index contributed by atoms with van der Waals surface area (Å²) in [7, 11) is 0. The smallest absolute Gasteiger partial charge is 0.212 e. The van der Waals surface area contributed by atoms with Gasteiger partial charge in [0, 0.05) is 5.75 Å². The van der Waals surface area contributed by atoms with Crippen LogP contribution in [0.3, 0.4) is 0 Å². The number of ether oxygens (including phenoxy) is 1. The number of hydrogen-bond acceptors (Lipinski definition) is 5. The Morgan fingerprint density at radius 3 is 2.79 bits per heavy atom. The van der Waals surface area contributed by atoms with Gasteiger partial charge in [0.05, 0.1) is 12.3 Å². The Labute approximate surface area is 115 Å². The molecule has 0 radical (unpaired) electrons. The van der Waals surface area contributed by atoms with E-state index in [0.717, 1.165) is 33.8 Å². The van der Waals surface area contributed by atoms with Crippen LogP contribution < -0.4 is 4.74 Å². The van der Waals surface area contributed by atoms with Crippen molar-refractivity contribution in [1.82, 2.24) is 14.9 Å². The van der Waals surface area contributed by atoms with E-state index in [2.05, 4.69) is 15.3 Å². The van der Waals surface area contributed by atoms with E-state index in [-0.39, 0.29) is 0 Å². The van der Waals surface area contributed by atoms with Crippen LogP contribution in [-0.4, -0.2) is 32.9 Å². The van der Waals surface area contributed by atoms with E-state index in [1.54, 1.807) is 16.4 Å². The quantitative estimate of drug-likeness (QED) is 0.862. The first-order chi connectivity index (χ1) is 9.28. The second-order valence-electron chi connectivity index (χ2n) is 4.13. The Bertz CT molecular complexity index is 618. The van der Waals surface area contributed by atoms with Gasteiger partial charge in [0.25, 0.3) is 0 Å². The fourth-order valence-corrected chi connectivity index (χ4v) is 2.76. The van der Waals surface area contributed by atoms with Crippen LogP contribution in [0.5, 0.6) is 5.75 Å². The molecule has 1 aromatic heterocycles. The summed E-state index contributed by atoms with van der Waals surface area (Å²) in [6, 6.07) is 8.02. The van der Waals surface area contributed by atoms with E-state index in [4.69, 9.17) is 4.74 Å². The van der Waals surface area contributed by atoms with E-state index in [0.29, 0.717) is 6.61 Å². The zero-order chi connectivity index (χ0) is 13.2. The Morgan fingerprint density at radius 1 is 1.26 bits per heavy atom. The highest BCUT2D eigenvalue weighted by Crippen LogP contribution is 2.24. The lowest BCUT2D eigenvalue weighted by molar-refractivity contribution is 0.340. The summed E-state index contributed by atoms with van der Waals surface area (Å²) in [5.74, 6) is 2.51. The molecule has 1 aliphatic heterocycles. The van der Waals surface area contributed by atoms with Gasteiger partial charge in [-0.2, -0.15) is 9.78 Å². The molecule has 5 nitrogen and oxygen atoms in total. The van der Waals surface area contributed by atoms with Crippen molar-refractivity contribution in [2.24, 2.45) is 5.10 Å². The molecule has 1 aromatic carbocycles. The van der Waals surface area contributed by atoms with Crippen LogP contribution in [0.25, 0.3) is 0 Å². The van der Waals surface area contributed by atoms with Gasteiger partial charge in [-0.15, -0.1) is 10.2 Å². The zero-order valence-electron chi connectivity index (χ0n) is 10.8. The minimum absolute atomic E-state index is 0.680. The maximum absolute atomic E-state index is 5.44. The molecule has 2 aromatic rings. The van der Waals surface area contributed by atoms with Crippen molar-refractivity contribution in [2.75, 3.05) is 12.4 Å². The van der Waals surface area contributed by atoms with Gasteiger partial charge in [-0.3, -0.25) is 0 Å². The van der Waals surface area contributed by atoms with Gasteiger partial charge in [0.15, 0.2) is 5.82 Å². The molecule has 98 valence electrons. The molecule has 0 saturated carbocycles. The highest BCUT2D eigenvalue weighted by atomic mass is 32.2. The van der Waals surface area contributed by atoms with E-state index in [9.17, 15) is 0 Å². The summed E-state index contributed by atoms with van der Waals surface area (Å²) in [4.78, 5) is 0. The first kappa shape index (κ1) is 12.2. The summed E-state index contributed by atoms with van der Waals surface area (Å²) in [5, 5.41) is 13.6. The number of thioether (sulfide) groups is 1. The lowest BCUT2D eigenvalue weighted by atomic mass is 10.1. The number of aryl methyl sites for hydroxylation is 1. The third-order valence-corrected chi connectivity index (χ3v) is 3.76. The largest absolute Gasteiger partial charge is 0.494 e. The van der Waals surface area contributed by atoms with E-state index >= 15 is 0 Å². The van der Waals surface area contributed by atoms with E-state index < -0.39 is 0 Å². The maximum Gasteiger partial charge on any atom is 0.212 e. The number of fused-ring (bicyclic) bond motifs is 1. The molecule has 0 N–H and O–H groups in total. The average molecular weight is 274 g/mol. The van der Waals surface area contributed by atoms with Crippen molar-refractivity contribution >= 4 is 17.5 Å². The topological polar surface area (TPSA) is 52.3 Å². The molecule has 3 rings (SSSR count). The molecule has 0 atom stereocenters. The fraction of sp³-hybridized carbons (Fsp3) is 0.308. The number of hydrogen-bond donors (Lipinski definition) is 0. The third kappa shape index (κ3) is 2.35. The van der Waals surface area contributed by atoms with Gasteiger partial charge in [-0.1, -0.05) is 11.8 Å². The molecule has 0 spiro atoms. The molecule has 0 saturated heterocycles. The number of nitrogens with zero attached hydrogens (tertiary/aromatic N) is 4. The molecule has 0 bridgehead atoms. The molecule has 0 aliphatic carbocycles. The Balaban J connectivity index is 1.91. The normalized spacial score (nSPS) is 13.9. The SMILES string of the molecule is CCOc1ccc(C2=Nn3c(C)nnc3SC2)cc1. The zero-order valence-corrected chi connectivity index (χ0v) is 11.6. The summed E-state index contributed by atoms with van der Waals surface area (Å²) < 4.78 is 7.23. The van der Waals surface area contributed by atoms with Crippen LogP contribution in [0.1, 0.15) is 18.3 Å². The number of benzene rings is 1. The van der Waals surface area contributed by atoms with Crippen LogP contribution in [-0.2, 0) is 0 Å². The van der Waals surface area contributed by atoms with Gasteiger partial charge < -0.3 is 4.74 Å². The minimum Gasteiger partial charge on any atom is -0.494 e. The molecule has 0 unspecified atom stereocenters. The molecular formula is C13H14N4OS. The predicted molar refractivity (Wildman–Crippen MR) is 75.0 cm³/mol. The molecular weight excluding hydrogens is 260 g/mol. The lowest BCUT2D eigenvalue weighted by Crippen LogP contribution is -2.13. The van der Waals surface area contributed by atoms with Gasteiger partial charge in [-0.05, 0) is 43.7 Å². The van der Waals surface area contributed by atoms with E-state index in [1.807, 2.05) is 38.1 Å². The highest BCUT2D eigenvalue weighted by molar-refractivity contribution is 7.99. The highest BCUT2D eigenvalue weighted by Gasteiger charge is 2.17. The first-order valence-corrected chi connectivity index (χ1v) is 7.12. The van der Waals surface area contributed by atoms with Gasteiger partial charge in [0.2, 0.25) is 5.16 Å². The van der Waals surface area contributed by atoms with Crippen LogP contribution in [0.2, 0.25) is 0 Å². The summed E-state index contributed by atoms with van der Waals surface area (Å²) in [6.07, 6.45) is 0. The molecule has 19 heavy (non-hydrogen) atoms. The van der Waals surface area contributed by atoms with Crippen molar-refractivity contribution in [3.05, 3.63) is 35.7 Å². The lowest BCUT2D eigenvalue weighted by Gasteiger charge is -2.13. The van der Waals surface area contributed by atoms with Crippen LogP contribution in [0.15, 0.2) is 34.5 Å². The average Bonchev–Trinajstić information content (AvgIpc) is 2.81. The molecule has 2 heterocycles. The minimum atomic E-state index is 0.680. The monoisotopic (exact) mass is 274 g/mol. The van der Waals surface area contributed by atoms with E-state index in [1.165, 1.54) is 0 Å². The molecule has 0 fully saturated rings. The van der Waals surface area contributed by atoms with Crippen molar-refractivity contribution < 1.29 is 4.74 Å². The second kappa shape index (κ2) is 5.05. The number of rotatable bonds is 3. The van der Waals surface area contributed by atoms with Gasteiger partial charge in [0.1, 0.15) is 5.75 Å². The second-order valence-corrected chi connectivity index (χ2v) is 5.08. The standard InChI is InChI=1S/C13H14N4OS/c1-3-18-11-6-4-10(5-7-11)12-8-19-13-15-14-9(2)17(13)16-12/h4-7H,3,8H2,1-2H3. The van der Waals surface area contributed by atoms with Crippen molar-refractivity contribution in [3.63, 3.8) is 0 Å². The summed E-state index contributed by atoms with van der Waals surface area (Å²) >= 11 is 1.65. The maximum atomic E-state index is 5.44.